The zero-order chi connectivity index (χ0) is 24.2. The van der Waals surface area contributed by atoms with Gasteiger partial charge in [0.15, 0.2) is 0 Å². The molecule has 0 aliphatic carbocycles. The first kappa shape index (κ1) is 23.4. The van der Waals surface area contributed by atoms with E-state index < -0.39 is 17.2 Å². The van der Waals surface area contributed by atoms with Crippen molar-refractivity contribution < 1.29 is 14.3 Å². The summed E-state index contributed by atoms with van der Waals surface area (Å²) >= 11 is 0. The molecule has 1 atom stereocenters. The molecule has 1 amide bonds. The molecule has 3 aromatic rings. The molecule has 9 nitrogen and oxygen atoms in total. The van der Waals surface area contributed by atoms with Crippen LogP contribution in [0.25, 0.3) is 5.69 Å². The number of carbonyl (C=O) groups excluding carboxylic acids is 1. The van der Waals surface area contributed by atoms with E-state index in [4.69, 9.17) is 9.47 Å². The summed E-state index contributed by atoms with van der Waals surface area (Å²) in [5.74, 6) is -0.0400. The first-order chi connectivity index (χ1) is 16.4. The van der Waals surface area contributed by atoms with Crippen LogP contribution in [0.2, 0.25) is 0 Å². The fourth-order valence-electron chi connectivity index (χ4n) is 4.09. The molecule has 1 unspecified atom stereocenters. The van der Waals surface area contributed by atoms with E-state index in [9.17, 15) is 14.4 Å². The van der Waals surface area contributed by atoms with Crippen LogP contribution < -0.4 is 21.3 Å². The van der Waals surface area contributed by atoms with Gasteiger partial charge in [0.05, 0.1) is 25.4 Å². The van der Waals surface area contributed by atoms with Crippen molar-refractivity contribution in [2.45, 2.75) is 39.3 Å². The zero-order valence-corrected chi connectivity index (χ0v) is 19.5. The third-order valence-electron chi connectivity index (χ3n) is 5.72. The fourth-order valence-corrected chi connectivity index (χ4v) is 4.09. The number of nitrogens with zero attached hydrogens (tertiary/aromatic N) is 3. The topological polar surface area (TPSA) is 104 Å². The van der Waals surface area contributed by atoms with Gasteiger partial charge in [-0.25, -0.2) is 4.79 Å². The normalized spacial score (nSPS) is 15.3. The van der Waals surface area contributed by atoms with Gasteiger partial charge in [0.25, 0.3) is 11.5 Å². The van der Waals surface area contributed by atoms with Crippen molar-refractivity contribution in [1.29, 1.82) is 0 Å². The summed E-state index contributed by atoms with van der Waals surface area (Å²) in [6.07, 6.45) is 1.69. The molecule has 1 aliphatic rings. The Morgan fingerprint density at radius 1 is 1.18 bits per heavy atom. The molecule has 1 fully saturated rings. The van der Waals surface area contributed by atoms with Gasteiger partial charge in [-0.2, -0.15) is 9.78 Å². The van der Waals surface area contributed by atoms with Crippen LogP contribution >= 0.6 is 0 Å². The number of aryl methyl sites for hydroxylation is 2. The minimum absolute atomic E-state index is 0.0335. The summed E-state index contributed by atoms with van der Waals surface area (Å²) in [4.78, 5) is 39.6. The van der Waals surface area contributed by atoms with E-state index in [2.05, 4.69) is 10.4 Å². The SMILES string of the molecule is COc1cccc(Cn2c(=O)c(C(=O)NCC3CCCO3)nn(-c3cc(C)cc(C)c3)c2=O)c1. The van der Waals surface area contributed by atoms with Crippen LogP contribution in [-0.2, 0) is 11.3 Å². The lowest BCUT2D eigenvalue weighted by atomic mass is 10.1. The van der Waals surface area contributed by atoms with E-state index in [-0.39, 0.29) is 24.9 Å². The number of hydrogen-bond donors (Lipinski definition) is 1. The predicted molar refractivity (Wildman–Crippen MR) is 127 cm³/mol. The highest BCUT2D eigenvalue weighted by Crippen LogP contribution is 2.14. The third-order valence-corrected chi connectivity index (χ3v) is 5.72. The van der Waals surface area contributed by atoms with Crippen LogP contribution in [0.4, 0.5) is 0 Å². The second-order valence-corrected chi connectivity index (χ2v) is 8.48. The van der Waals surface area contributed by atoms with E-state index in [1.54, 1.807) is 43.5 Å². The summed E-state index contributed by atoms with van der Waals surface area (Å²) in [7, 11) is 1.54. The quantitative estimate of drug-likeness (QED) is 0.573. The molecular weight excluding hydrogens is 436 g/mol. The van der Waals surface area contributed by atoms with Crippen LogP contribution in [0.3, 0.4) is 0 Å². The highest BCUT2D eigenvalue weighted by Gasteiger charge is 2.23. The van der Waals surface area contributed by atoms with Crippen LogP contribution in [-0.4, -0.2) is 46.6 Å². The monoisotopic (exact) mass is 464 g/mol. The van der Waals surface area contributed by atoms with Crippen LogP contribution in [0.5, 0.6) is 5.75 Å². The van der Waals surface area contributed by atoms with Crippen molar-refractivity contribution in [2.75, 3.05) is 20.3 Å². The van der Waals surface area contributed by atoms with Gasteiger partial charge >= 0.3 is 5.69 Å². The lowest BCUT2D eigenvalue weighted by molar-refractivity contribution is 0.0849. The number of aromatic nitrogens is 3. The Morgan fingerprint density at radius 3 is 2.62 bits per heavy atom. The Kier molecular flexibility index (Phi) is 6.93. The highest BCUT2D eigenvalue weighted by molar-refractivity contribution is 5.91. The largest absolute Gasteiger partial charge is 0.497 e. The first-order valence-electron chi connectivity index (χ1n) is 11.2. The van der Waals surface area contributed by atoms with E-state index in [0.717, 1.165) is 33.2 Å². The molecule has 0 spiro atoms. The van der Waals surface area contributed by atoms with Crippen LogP contribution in [0.1, 0.15) is 40.0 Å². The molecule has 0 bridgehead atoms. The Hall–Kier alpha value is -3.72. The van der Waals surface area contributed by atoms with Gasteiger partial charge in [0.2, 0.25) is 5.69 Å². The minimum atomic E-state index is -0.752. The van der Waals surface area contributed by atoms with Crippen molar-refractivity contribution in [1.82, 2.24) is 19.7 Å². The number of amides is 1. The van der Waals surface area contributed by atoms with Gasteiger partial charge in [0, 0.05) is 13.2 Å². The fraction of sp³-hybridized carbons (Fsp3) is 0.360. The lowest BCUT2D eigenvalue weighted by Crippen LogP contribution is -2.46. The Balaban J connectivity index is 1.79. The van der Waals surface area contributed by atoms with Crippen molar-refractivity contribution in [3.05, 3.63) is 85.7 Å². The van der Waals surface area contributed by atoms with E-state index in [1.807, 2.05) is 19.9 Å². The average molecular weight is 465 g/mol. The molecule has 9 heteroatoms. The van der Waals surface area contributed by atoms with Crippen LogP contribution in [0, 0.1) is 13.8 Å². The number of methoxy groups -OCH3 is 1. The molecule has 1 aliphatic heterocycles. The number of nitrogens with one attached hydrogen (secondary N) is 1. The number of ether oxygens (including phenoxy) is 2. The third kappa shape index (κ3) is 5.09. The maximum absolute atomic E-state index is 13.4. The van der Waals surface area contributed by atoms with Gasteiger partial charge in [0.1, 0.15) is 5.75 Å². The van der Waals surface area contributed by atoms with Crippen molar-refractivity contribution in [2.24, 2.45) is 0 Å². The summed E-state index contributed by atoms with van der Waals surface area (Å²) in [5, 5.41) is 6.94. The van der Waals surface area contributed by atoms with Crippen molar-refractivity contribution >= 4 is 5.91 Å². The smallest absolute Gasteiger partial charge is 0.352 e. The first-order valence-corrected chi connectivity index (χ1v) is 11.2. The molecule has 34 heavy (non-hydrogen) atoms. The van der Waals surface area contributed by atoms with E-state index >= 15 is 0 Å². The maximum Gasteiger partial charge on any atom is 0.352 e. The predicted octanol–water partition coefficient (Wildman–Crippen LogP) is 1.98. The van der Waals surface area contributed by atoms with Gasteiger partial charge in [-0.05, 0) is 67.6 Å². The molecule has 0 radical (unpaired) electrons. The molecular formula is C25H28N4O5. The average Bonchev–Trinajstić information content (AvgIpc) is 3.33. The second kappa shape index (κ2) is 10.0. The van der Waals surface area contributed by atoms with Crippen molar-refractivity contribution in [3.63, 3.8) is 0 Å². The van der Waals surface area contributed by atoms with Gasteiger partial charge in [-0.15, -0.1) is 0 Å². The Bertz CT molecular complexity index is 1300. The van der Waals surface area contributed by atoms with Crippen molar-refractivity contribution in [3.8, 4) is 11.4 Å². The molecule has 0 saturated carbocycles. The number of hydrogen-bond acceptors (Lipinski definition) is 6. The molecule has 2 aromatic carbocycles. The number of benzene rings is 2. The minimum Gasteiger partial charge on any atom is -0.497 e. The van der Waals surface area contributed by atoms with Gasteiger partial charge in [-0.3, -0.25) is 14.2 Å². The number of rotatable bonds is 7. The molecule has 1 aromatic heterocycles. The molecule has 2 heterocycles. The van der Waals surface area contributed by atoms with Gasteiger partial charge in [-0.1, -0.05) is 18.2 Å². The highest BCUT2D eigenvalue weighted by atomic mass is 16.5. The molecule has 1 N–H and O–H groups in total. The lowest BCUT2D eigenvalue weighted by Gasteiger charge is -2.14. The molecule has 178 valence electrons. The number of carbonyl (C=O) groups is 1. The van der Waals surface area contributed by atoms with E-state index in [1.165, 1.54) is 0 Å². The summed E-state index contributed by atoms with van der Waals surface area (Å²) in [5.41, 5.74) is 1.29. The Morgan fingerprint density at radius 2 is 1.94 bits per heavy atom. The zero-order valence-electron chi connectivity index (χ0n) is 19.5. The molecule has 1 saturated heterocycles. The maximum atomic E-state index is 13.4. The second-order valence-electron chi connectivity index (χ2n) is 8.48. The van der Waals surface area contributed by atoms with Gasteiger partial charge < -0.3 is 14.8 Å². The van der Waals surface area contributed by atoms with Crippen LogP contribution in [0.15, 0.2) is 52.1 Å². The Labute approximate surface area is 196 Å². The summed E-state index contributed by atoms with van der Waals surface area (Å²) in [6, 6.07) is 12.6. The standard InChI is InChI=1S/C25H28N4O5/c1-16-10-17(2)12-19(11-16)29-25(32)28(15-18-6-4-7-20(13-18)33-3)24(31)22(27-29)23(30)26-14-21-8-5-9-34-21/h4,6-7,10-13,21H,5,8-9,14-15H2,1-3H3,(H,26,30). The summed E-state index contributed by atoms with van der Waals surface area (Å²) < 4.78 is 12.9. The van der Waals surface area contributed by atoms with E-state index in [0.29, 0.717) is 23.6 Å². The summed E-state index contributed by atoms with van der Waals surface area (Å²) in [6.45, 7) is 4.71. The molecule has 4 rings (SSSR count).